The van der Waals surface area contributed by atoms with Gasteiger partial charge in [-0.2, -0.15) is 0 Å². The van der Waals surface area contributed by atoms with Crippen LogP contribution in [0.1, 0.15) is 34.7 Å². The number of non-ortho nitro benzene ring substituents is 1. The number of methoxy groups -OCH3 is 1. The summed E-state index contributed by atoms with van der Waals surface area (Å²) >= 11 is 1.28. The van der Waals surface area contributed by atoms with E-state index < -0.39 is 27.3 Å². The Balaban J connectivity index is 1.34. The van der Waals surface area contributed by atoms with E-state index in [0.717, 1.165) is 47.4 Å². The summed E-state index contributed by atoms with van der Waals surface area (Å²) in [5, 5.41) is 22.7. The molecule has 1 aromatic heterocycles. The van der Waals surface area contributed by atoms with Crippen molar-refractivity contribution in [1.82, 2.24) is 4.57 Å². The monoisotopic (exact) mass is 632 g/mol. The number of nitro benzene ring substituents is 2. The van der Waals surface area contributed by atoms with Crippen LogP contribution in [0.5, 0.6) is 17.2 Å². The van der Waals surface area contributed by atoms with Crippen LogP contribution in [0, 0.1) is 20.2 Å². The highest BCUT2D eigenvalue weighted by Crippen LogP contribution is 2.43. The van der Waals surface area contributed by atoms with E-state index >= 15 is 0 Å². The summed E-state index contributed by atoms with van der Waals surface area (Å²) in [6.45, 7) is 0. The number of para-hydroxylation sites is 1. The smallest absolute Gasteiger partial charge is 0.318 e. The molecule has 1 aliphatic heterocycles. The largest absolute Gasteiger partial charge is 0.496 e. The van der Waals surface area contributed by atoms with Gasteiger partial charge in [0, 0.05) is 17.2 Å². The molecule has 2 heterocycles. The maximum Gasteiger partial charge on any atom is 0.318 e. The van der Waals surface area contributed by atoms with Crippen LogP contribution in [-0.2, 0) is 6.42 Å². The molecular weight excluding hydrogens is 608 g/mol. The Morgan fingerprint density at radius 3 is 2.52 bits per heavy atom. The van der Waals surface area contributed by atoms with E-state index in [1.807, 2.05) is 36.4 Å². The predicted octanol–water partition coefficient (Wildman–Crippen LogP) is 5.94. The van der Waals surface area contributed by atoms with Gasteiger partial charge in [0.2, 0.25) is 5.75 Å². The number of ether oxygens (including phenoxy) is 2. The Labute approximate surface area is 264 Å². The van der Waals surface area contributed by atoms with Crippen molar-refractivity contribution < 1.29 is 19.3 Å². The number of hydrogen-bond donors (Lipinski definition) is 0. The summed E-state index contributed by atoms with van der Waals surface area (Å²) in [6.07, 6.45) is 3.31. The molecule has 1 aliphatic carbocycles. The van der Waals surface area contributed by atoms with Crippen LogP contribution in [0.3, 0.4) is 0 Å². The van der Waals surface area contributed by atoms with Gasteiger partial charge in [0.1, 0.15) is 11.5 Å². The molecule has 0 radical (unpaired) electrons. The first-order chi connectivity index (χ1) is 22.3. The molecule has 5 aromatic rings. The summed E-state index contributed by atoms with van der Waals surface area (Å²) < 4.78 is 13.7. The van der Waals surface area contributed by atoms with Gasteiger partial charge in [-0.15, -0.1) is 0 Å². The van der Waals surface area contributed by atoms with Crippen molar-refractivity contribution in [3.05, 3.63) is 159 Å². The number of aryl methyl sites for hydroxylation is 1. The number of nitro groups is 2. The molecule has 46 heavy (non-hydrogen) atoms. The van der Waals surface area contributed by atoms with Crippen LogP contribution in [0.4, 0.5) is 11.4 Å². The summed E-state index contributed by atoms with van der Waals surface area (Å²) in [6, 6.07) is 25.4. The molecule has 7 rings (SSSR count). The van der Waals surface area contributed by atoms with E-state index in [4.69, 9.17) is 14.5 Å². The molecule has 0 saturated heterocycles. The first kappa shape index (κ1) is 28.9. The highest BCUT2D eigenvalue weighted by Gasteiger charge is 2.34. The second kappa shape index (κ2) is 11.6. The van der Waals surface area contributed by atoms with Gasteiger partial charge in [-0.25, -0.2) is 4.99 Å². The zero-order chi connectivity index (χ0) is 31.9. The topological polar surface area (TPSA) is 139 Å². The second-order valence-corrected chi connectivity index (χ2v) is 11.7. The third-order valence-corrected chi connectivity index (χ3v) is 9.02. The average Bonchev–Trinajstić information content (AvgIpc) is 3.37. The van der Waals surface area contributed by atoms with E-state index in [-0.39, 0.29) is 17.1 Å². The Morgan fingerprint density at radius 2 is 1.72 bits per heavy atom. The molecule has 2 aliphatic rings. The molecule has 11 nitrogen and oxygen atoms in total. The molecule has 0 unspecified atom stereocenters. The van der Waals surface area contributed by atoms with Gasteiger partial charge in [-0.3, -0.25) is 29.6 Å². The van der Waals surface area contributed by atoms with Gasteiger partial charge in [-0.1, -0.05) is 65.9 Å². The fourth-order valence-corrected chi connectivity index (χ4v) is 6.99. The summed E-state index contributed by atoms with van der Waals surface area (Å²) in [5.74, 6) is 0.798. The molecule has 4 aromatic carbocycles. The first-order valence-corrected chi connectivity index (χ1v) is 15.1. The highest BCUT2D eigenvalue weighted by atomic mass is 32.1. The Morgan fingerprint density at radius 1 is 0.913 bits per heavy atom. The van der Waals surface area contributed by atoms with E-state index in [1.54, 1.807) is 42.0 Å². The lowest BCUT2D eigenvalue weighted by Crippen LogP contribution is -2.38. The molecule has 0 bridgehead atoms. The average molecular weight is 633 g/mol. The molecule has 0 fully saturated rings. The van der Waals surface area contributed by atoms with E-state index in [9.17, 15) is 25.0 Å². The highest BCUT2D eigenvalue weighted by molar-refractivity contribution is 7.07. The van der Waals surface area contributed by atoms with Crippen LogP contribution in [0.15, 0.2) is 106 Å². The number of rotatable bonds is 7. The van der Waals surface area contributed by atoms with Crippen molar-refractivity contribution in [2.45, 2.75) is 18.9 Å². The minimum atomic E-state index is -0.733. The predicted molar refractivity (Wildman–Crippen MR) is 172 cm³/mol. The fourth-order valence-electron chi connectivity index (χ4n) is 5.99. The molecule has 1 atom stereocenters. The van der Waals surface area contributed by atoms with E-state index in [1.165, 1.54) is 23.0 Å². The van der Waals surface area contributed by atoms with Crippen molar-refractivity contribution in [1.29, 1.82) is 0 Å². The molecule has 0 saturated carbocycles. The number of allylic oxidation sites excluding steroid dienone is 1. The number of aromatic nitrogens is 1. The standard InChI is InChI=1S/C34H24N4O7S/c1-44-28-12-5-4-11-25(28)32-26-15-13-21-8-2-3-10-24(21)31(26)35-34-36(32)33(39)30(46-34)18-20-7-6-9-23(17-20)45-29-16-14-22(37(40)41)19-27(29)38(42)43/h2-12,14,16-19,32H,13,15H2,1H3/b30-18-/t32-/m0/s1. The number of fused-ring (bicyclic) bond motifs is 3. The normalized spacial score (nSPS) is 15.3. The molecule has 0 N–H and O–H groups in total. The van der Waals surface area contributed by atoms with E-state index in [0.29, 0.717) is 20.6 Å². The molecular formula is C34H24N4O7S. The summed E-state index contributed by atoms with van der Waals surface area (Å²) in [7, 11) is 1.62. The summed E-state index contributed by atoms with van der Waals surface area (Å²) in [4.78, 5) is 41.1. The third-order valence-electron chi connectivity index (χ3n) is 8.04. The van der Waals surface area contributed by atoms with Gasteiger partial charge in [-0.05, 0) is 59.9 Å². The number of benzene rings is 4. The Bertz CT molecular complexity index is 2290. The first-order valence-electron chi connectivity index (χ1n) is 14.3. The zero-order valence-electron chi connectivity index (χ0n) is 24.3. The van der Waals surface area contributed by atoms with Crippen LogP contribution in [-0.4, -0.2) is 21.5 Å². The van der Waals surface area contributed by atoms with Crippen LogP contribution >= 0.6 is 11.3 Å². The van der Waals surface area contributed by atoms with Crippen molar-refractivity contribution in [2.24, 2.45) is 4.99 Å². The summed E-state index contributed by atoms with van der Waals surface area (Å²) in [5.41, 5.74) is 4.55. The van der Waals surface area contributed by atoms with Gasteiger partial charge in [0.05, 0.1) is 39.3 Å². The number of hydrogen-bond acceptors (Lipinski definition) is 9. The van der Waals surface area contributed by atoms with Crippen molar-refractivity contribution in [2.75, 3.05) is 7.11 Å². The second-order valence-electron chi connectivity index (χ2n) is 10.7. The van der Waals surface area contributed by atoms with Gasteiger partial charge in [0.25, 0.3) is 11.2 Å². The van der Waals surface area contributed by atoms with Gasteiger partial charge >= 0.3 is 5.69 Å². The zero-order valence-corrected chi connectivity index (χ0v) is 25.1. The SMILES string of the molecule is COc1ccccc1[C@H]1C2=C(N=c3s/c(=C\c4cccc(Oc5ccc([N+](=O)[O-])cc5[N+](=O)[O-])c4)c(=O)n31)c1ccccc1CC2. The lowest BCUT2D eigenvalue weighted by atomic mass is 9.83. The van der Waals surface area contributed by atoms with Crippen LogP contribution in [0.25, 0.3) is 11.8 Å². The number of thiazole rings is 1. The van der Waals surface area contributed by atoms with Crippen molar-refractivity contribution >= 4 is 34.5 Å². The molecule has 0 spiro atoms. The minimum Gasteiger partial charge on any atom is -0.496 e. The maximum atomic E-state index is 14.2. The fraction of sp³-hybridized carbons (Fsp3) is 0.118. The van der Waals surface area contributed by atoms with E-state index in [2.05, 4.69) is 12.1 Å². The lowest BCUT2D eigenvalue weighted by Gasteiger charge is -2.31. The van der Waals surface area contributed by atoms with Crippen LogP contribution in [0.2, 0.25) is 0 Å². The minimum absolute atomic E-state index is 0.144. The Hall–Kier alpha value is -5.88. The molecule has 0 amide bonds. The lowest BCUT2D eigenvalue weighted by molar-refractivity contribution is -0.394. The molecule has 12 heteroatoms. The molecule has 228 valence electrons. The maximum absolute atomic E-state index is 14.2. The van der Waals surface area contributed by atoms with Crippen molar-refractivity contribution in [3.63, 3.8) is 0 Å². The van der Waals surface area contributed by atoms with Gasteiger partial charge < -0.3 is 9.47 Å². The Kier molecular flexibility index (Phi) is 7.26. The van der Waals surface area contributed by atoms with Crippen LogP contribution < -0.4 is 24.4 Å². The van der Waals surface area contributed by atoms with Gasteiger partial charge in [0.15, 0.2) is 4.80 Å². The third kappa shape index (κ3) is 5.04. The number of nitrogens with zero attached hydrogens (tertiary/aromatic N) is 4. The van der Waals surface area contributed by atoms with Crippen molar-refractivity contribution in [3.8, 4) is 17.2 Å². The quantitative estimate of drug-likeness (QED) is 0.160.